The number of fused-ring (bicyclic) bond motifs is 3. The molecule has 4 rings (SSSR count). The Hall–Kier alpha value is -2.91. The van der Waals surface area contributed by atoms with Crippen LogP contribution in [0.3, 0.4) is 0 Å². The van der Waals surface area contributed by atoms with Crippen molar-refractivity contribution < 1.29 is 9.53 Å². The van der Waals surface area contributed by atoms with Crippen LogP contribution in [0.25, 0.3) is 15.9 Å². The van der Waals surface area contributed by atoms with Gasteiger partial charge in [0.25, 0.3) is 0 Å². The molecule has 8 nitrogen and oxygen atoms in total. The van der Waals surface area contributed by atoms with Crippen molar-refractivity contribution in [3.8, 4) is 5.75 Å². The molecular formula is C18H16ClN5O3S. The van der Waals surface area contributed by atoms with Crippen molar-refractivity contribution in [3.05, 3.63) is 50.5 Å². The number of hydrogen-bond donors (Lipinski definition) is 1. The number of carbonyl (C=O) groups is 1. The molecule has 1 amide bonds. The number of benzene rings is 1. The summed E-state index contributed by atoms with van der Waals surface area (Å²) in [6.07, 6.45) is 1.44. The van der Waals surface area contributed by atoms with Gasteiger partial charge in [-0.15, -0.1) is 16.4 Å². The Bertz CT molecular complexity index is 1290. The first-order valence-electron chi connectivity index (χ1n) is 8.36. The Morgan fingerprint density at radius 2 is 2.14 bits per heavy atom. The Morgan fingerprint density at radius 1 is 1.36 bits per heavy atom. The van der Waals surface area contributed by atoms with Crippen LogP contribution in [-0.4, -0.2) is 32.2 Å². The van der Waals surface area contributed by atoms with E-state index in [1.54, 1.807) is 29.5 Å². The first-order chi connectivity index (χ1) is 13.4. The van der Waals surface area contributed by atoms with Gasteiger partial charge in [-0.3, -0.25) is 4.79 Å². The van der Waals surface area contributed by atoms with Crippen molar-refractivity contribution in [2.45, 2.75) is 20.4 Å². The van der Waals surface area contributed by atoms with Crippen LogP contribution in [0.15, 0.2) is 29.3 Å². The Kier molecular flexibility index (Phi) is 4.56. The van der Waals surface area contributed by atoms with E-state index in [4.69, 9.17) is 16.3 Å². The summed E-state index contributed by atoms with van der Waals surface area (Å²) in [6, 6.07) is 4.90. The highest BCUT2D eigenvalue weighted by molar-refractivity contribution is 7.18. The molecule has 3 heterocycles. The molecule has 0 atom stereocenters. The summed E-state index contributed by atoms with van der Waals surface area (Å²) < 4.78 is 7.58. The normalized spacial score (nSPS) is 11.3. The monoisotopic (exact) mass is 417 g/mol. The fraction of sp³-hybridized carbons (Fsp3) is 0.222. The van der Waals surface area contributed by atoms with Crippen molar-refractivity contribution in [3.63, 3.8) is 0 Å². The zero-order valence-electron chi connectivity index (χ0n) is 15.3. The van der Waals surface area contributed by atoms with Crippen molar-refractivity contribution in [1.29, 1.82) is 0 Å². The highest BCUT2D eigenvalue weighted by Crippen LogP contribution is 2.30. The molecule has 3 aromatic heterocycles. The van der Waals surface area contributed by atoms with Crippen LogP contribution in [0, 0.1) is 13.8 Å². The van der Waals surface area contributed by atoms with E-state index in [0.717, 1.165) is 25.3 Å². The minimum Gasteiger partial charge on any atom is -0.495 e. The molecule has 0 bridgehead atoms. The van der Waals surface area contributed by atoms with E-state index >= 15 is 0 Å². The van der Waals surface area contributed by atoms with Gasteiger partial charge < -0.3 is 10.1 Å². The maximum absolute atomic E-state index is 12.6. The number of anilines is 1. The van der Waals surface area contributed by atoms with Gasteiger partial charge in [0, 0.05) is 10.6 Å². The van der Waals surface area contributed by atoms with Crippen LogP contribution < -0.4 is 15.7 Å². The van der Waals surface area contributed by atoms with Gasteiger partial charge >= 0.3 is 5.69 Å². The number of hydrogen-bond acceptors (Lipinski definition) is 6. The lowest BCUT2D eigenvalue weighted by Crippen LogP contribution is -2.28. The molecule has 0 aliphatic rings. The van der Waals surface area contributed by atoms with Crippen molar-refractivity contribution in [2.24, 2.45) is 0 Å². The van der Waals surface area contributed by atoms with Crippen LogP contribution in [0.5, 0.6) is 5.75 Å². The smallest absolute Gasteiger partial charge is 0.352 e. The van der Waals surface area contributed by atoms with E-state index < -0.39 is 11.6 Å². The molecule has 0 unspecified atom stereocenters. The number of nitrogens with one attached hydrogen (secondary N) is 1. The summed E-state index contributed by atoms with van der Waals surface area (Å²) in [4.78, 5) is 31.3. The van der Waals surface area contributed by atoms with Crippen LogP contribution in [-0.2, 0) is 11.3 Å². The molecule has 28 heavy (non-hydrogen) atoms. The van der Waals surface area contributed by atoms with E-state index in [1.807, 2.05) is 13.8 Å². The molecule has 144 valence electrons. The number of aryl methyl sites for hydroxylation is 2. The van der Waals surface area contributed by atoms with Gasteiger partial charge in [-0.05, 0) is 37.6 Å². The highest BCUT2D eigenvalue weighted by atomic mass is 35.5. The third-order valence-electron chi connectivity index (χ3n) is 4.48. The Balaban J connectivity index is 1.65. The second-order valence-corrected chi connectivity index (χ2v) is 7.85. The van der Waals surface area contributed by atoms with Gasteiger partial charge in [-0.1, -0.05) is 11.6 Å². The average molecular weight is 418 g/mol. The molecular weight excluding hydrogens is 402 g/mol. The molecule has 0 radical (unpaired) electrons. The number of carbonyl (C=O) groups excluding carboxylic acids is 1. The molecule has 1 N–H and O–H groups in total. The summed E-state index contributed by atoms with van der Waals surface area (Å²) in [5, 5.41) is 8.29. The number of halogens is 1. The maximum atomic E-state index is 12.6. The minimum atomic E-state index is -0.421. The minimum absolute atomic E-state index is 0.228. The van der Waals surface area contributed by atoms with Gasteiger partial charge in [-0.25, -0.2) is 18.9 Å². The van der Waals surface area contributed by atoms with Gasteiger partial charge in [0.1, 0.15) is 23.5 Å². The van der Waals surface area contributed by atoms with E-state index in [2.05, 4.69) is 15.4 Å². The Labute approximate surface area is 168 Å². The van der Waals surface area contributed by atoms with E-state index in [9.17, 15) is 9.59 Å². The number of ether oxygens (including phenoxy) is 1. The third kappa shape index (κ3) is 3.02. The molecule has 1 aromatic carbocycles. The number of aromatic nitrogens is 4. The van der Waals surface area contributed by atoms with Crippen molar-refractivity contribution in [2.75, 3.05) is 12.4 Å². The zero-order valence-corrected chi connectivity index (χ0v) is 16.9. The second-order valence-electron chi connectivity index (χ2n) is 6.24. The average Bonchev–Trinajstić information content (AvgIpc) is 3.12. The van der Waals surface area contributed by atoms with Crippen LogP contribution in [0.1, 0.15) is 10.4 Å². The fourth-order valence-electron chi connectivity index (χ4n) is 2.95. The van der Waals surface area contributed by atoms with Crippen LogP contribution in [0.2, 0.25) is 5.02 Å². The largest absolute Gasteiger partial charge is 0.495 e. The lowest BCUT2D eigenvalue weighted by Gasteiger charge is -2.07. The van der Waals surface area contributed by atoms with Crippen molar-refractivity contribution in [1.82, 2.24) is 19.2 Å². The molecule has 0 aliphatic carbocycles. The number of methoxy groups -OCH3 is 1. The topological polar surface area (TPSA) is 90.5 Å². The third-order valence-corrected chi connectivity index (χ3v) is 5.89. The molecule has 10 heteroatoms. The second kappa shape index (κ2) is 6.92. The van der Waals surface area contributed by atoms with E-state index in [0.29, 0.717) is 22.1 Å². The quantitative estimate of drug-likeness (QED) is 0.551. The van der Waals surface area contributed by atoms with Crippen LogP contribution in [0.4, 0.5) is 5.69 Å². The molecule has 0 saturated carbocycles. The predicted molar refractivity (Wildman–Crippen MR) is 109 cm³/mol. The first-order valence-corrected chi connectivity index (χ1v) is 9.55. The molecule has 0 saturated heterocycles. The predicted octanol–water partition coefficient (Wildman–Crippen LogP) is 3.02. The van der Waals surface area contributed by atoms with Gasteiger partial charge in [0.05, 0.1) is 17.5 Å². The number of nitrogens with zero attached hydrogens (tertiary/aromatic N) is 4. The summed E-state index contributed by atoms with van der Waals surface area (Å²) >= 11 is 7.62. The van der Waals surface area contributed by atoms with Crippen molar-refractivity contribution >= 4 is 50.4 Å². The summed E-state index contributed by atoms with van der Waals surface area (Å²) in [7, 11) is 1.51. The summed E-state index contributed by atoms with van der Waals surface area (Å²) in [5.41, 5.74) is 1.61. The van der Waals surface area contributed by atoms with Crippen LogP contribution >= 0.6 is 22.9 Å². The highest BCUT2D eigenvalue weighted by Gasteiger charge is 2.17. The summed E-state index contributed by atoms with van der Waals surface area (Å²) in [5.74, 6) is 0.114. The van der Waals surface area contributed by atoms with E-state index in [-0.39, 0.29) is 6.54 Å². The standard InChI is InChI=1S/C18H16ClN5O3S/c1-9-10(2)28-17-15(9)16-22-24(18(26)23(16)8-20-17)7-14(25)21-11-4-5-13(27-3)12(19)6-11/h4-6,8H,7H2,1-3H3,(H,21,25). The molecule has 0 aliphatic heterocycles. The zero-order chi connectivity index (χ0) is 20.0. The number of amides is 1. The van der Waals surface area contributed by atoms with Gasteiger partial charge in [0.2, 0.25) is 5.91 Å². The van der Waals surface area contributed by atoms with E-state index in [1.165, 1.54) is 17.8 Å². The van der Waals surface area contributed by atoms with Gasteiger partial charge in [0.15, 0.2) is 5.65 Å². The number of thiophene rings is 1. The first kappa shape index (κ1) is 18.5. The number of rotatable bonds is 4. The Morgan fingerprint density at radius 3 is 2.86 bits per heavy atom. The maximum Gasteiger partial charge on any atom is 0.352 e. The lowest BCUT2D eigenvalue weighted by atomic mass is 10.2. The fourth-order valence-corrected chi connectivity index (χ4v) is 4.20. The van der Waals surface area contributed by atoms with Gasteiger partial charge in [-0.2, -0.15) is 0 Å². The lowest BCUT2D eigenvalue weighted by molar-refractivity contribution is -0.117. The molecule has 0 fully saturated rings. The SMILES string of the molecule is COc1ccc(NC(=O)Cn2nc3c4c(C)c(C)sc4ncn3c2=O)cc1Cl. The molecule has 0 spiro atoms. The molecule has 4 aromatic rings. The summed E-state index contributed by atoms with van der Waals surface area (Å²) in [6.45, 7) is 3.74.